The van der Waals surface area contributed by atoms with E-state index in [9.17, 15) is 19.5 Å². The molecular weight excluding hydrogens is 388 g/mol. The second-order valence-electron chi connectivity index (χ2n) is 8.69. The van der Waals surface area contributed by atoms with Crippen molar-refractivity contribution in [2.24, 2.45) is 11.8 Å². The molecule has 0 spiro atoms. The highest BCUT2D eigenvalue weighted by molar-refractivity contribution is 7.17. The van der Waals surface area contributed by atoms with Gasteiger partial charge in [0.2, 0.25) is 5.91 Å². The number of anilines is 1. The molecule has 0 saturated heterocycles. The summed E-state index contributed by atoms with van der Waals surface area (Å²) in [6.45, 7) is 0. The van der Waals surface area contributed by atoms with Crippen molar-refractivity contribution in [3.05, 3.63) is 16.0 Å². The Labute approximate surface area is 175 Å². The molecule has 0 aromatic carbocycles. The standard InChI is InChI=1S/C22H30N2O4S/c25-19(14-9-4-5-10-15(14)22(27)28)24-21-18(16-11-6-12-17(16)29-21)20(26)23-13-7-2-1-3-8-13/h13-15H,1-12H2,(H,23,26)(H,24,25)(H,27,28)/t14-,15+/m1/s1. The molecule has 3 N–H and O–H groups in total. The van der Waals surface area contributed by atoms with Gasteiger partial charge in [0, 0.05) is 10.9 Å². The second-order valence-corrected chi connectivity index (χ2v) is 9.80. The lowest BCUT2D eigenvalue weighted by atomic mass is 9.79. The van der Waals surface area contributed by atoms with E-state index in [-0.39, 0.29) is 17.9 Å². The van der Waals surface area contributed by atoms with Crippen LogP contribution in [-0.4, -0.2) is 28.9 Å². The molecule has 3 aliphatic rings. The summed E-state index contributed by atoms with van der Waals surface area (Å²) in [6.07, 6.45) is 11.3. The SMILES string of the molecule is O=C(NC1CCCCC1)c1c(NC(=O)[C@@H]2CCCC[C@@H]2C(=O)O)sc2c1CCC2. The number of carboxylic acid groups (broad SMARTS) is 1. The van der Waals surface area contributed by atoms with E-state index in [1.165, 1.54) is 22.6 Å². The molecule has 1 heterocycles. The van der Waals surface area contributed by atoms with Gasteiger partial charge in [0.25, 0.3) is 5.91 Å². The molecule has 158 valence electrons. The van der Waals surface area contributed by atoms with Crippen LogP contribution in [0.15, 0.2) is 0 Å². The zero-order valence-corrected chi connectivity index (χ0v) is 17.6. The molecule has 2 amide bonds. The number of amides is 2. The van der Waals surface area contributed by atoms with E-state index in [2.05, 4.69) is 10.6 Å². The Balaban J connectivity index is 1.53. The van der Waals surface area contributed by atoms with E-state index < -0.39 is 17.8 Å². The molecule has 1 aromatic rings. The van der Waals surface area contributed by atoms with Crippen molar-refractivity contribution in [2.75, 3.05) is 5.32 Å². The van der Waals surface area contributed by atoms with Gasteiger partial charge in [-0.25, -0.2) is 0 Å². The summed E-state index contributed by atoms with van der Waals surface area (Å²) >= 11 is 1.50. The highest BCUT2D eigenvalue weighted by Crippen LogP contribution is 2.40. The average molecular weight is 419 g/mol. The van der Waals surface area contributed by atoms with E-state index in [4.69, 9.17) is 0 Å². The van der Waals surface area contributed by atoms with Crippen LogP contribution in [0, 0.1) is 11.8 Å². The molecule has 2 saturated carbocycles. The van der Waals surface area contributed by atoms with Crippen molar-refractivity contribution < 1.29 is 19.5 Å². The summed E-state index contributed by atoms with van der Waals surface area (Å²) in [5.74, 6) is -2.37. The van der Waals surface area contributed by atoms with Gasteiger partial charge in [-0.2, -0.15) is 0 Å². The number of carbonyl (C=O) groups excluding carboxylic acids is 2. The number of aliphatic carboxylic acids is 1. The maximum absolute atomic E-state index is 13.1. The van der Waals surface area contributed by atoms with Crippen molar-refractivity contribution in [2.45, 2.75) is 83.1 Å². The summed E-state index contributed by atoms with van der Waals surface area (Å²) in [5.41, 5.74) is 1.71. The van der Waals surface area contributed by atoms with Crippen LogP contribution >= 0.6 is 11.3 Å². The number of carboxylic acids is 1. The van der Waals surface area contributed by atoms with Crippen LogP contribution in [0.2, 0.25) is 0 Å². The molecule has 3 aliphatic carbocycles. The fourth-order valence-corrected chi connectivity index (χ4v) is 6.47. The van der Waals surface area contributed by atoms with Crippen molar-refractivity contribution in [1.29, 1.82) is 0 Å². The molecule has 1 aromatic heterocycles. The Morgan fingerprint density at radius 3 is 2.28 bits per heavy atom. The maximum atomic E-state index is 13.1. The molecule has 6 nitrogen and oxygen atoms in total. The van der Waals surface area contributed by atoms with Crippen LogP contribution in [0.3, 0.4) is 0 Å². The second kappa shape index (κ2) is 8.86. The minimum absolute atomic E-state index is 0.0787. The van der Waals surface area contributed by atoms with E-state index >= 15 is 0 Å². The monoisotopic (exact) mass is 418 g/mol. The van der Waals surface area contributed by atoms with Crippen LogP contribution in [0.25, 0.3) is 0 Å². The first-order chi connectivity index (χ1) is 14.0. The van der Waals surface area contributed by atoms with E-state index in [1.807, 2.05) is 0 Å². The van der Waals surface area contributed by atoms with Gasteiger partial charge in [-0.3, -0.25) is 14.4 Å². The number of carbonyl (C=O) groups is 3. The third kappa shape index (κ3) is 4.34. The van der Waals surface area contributed by atoms with Gasteiger partial charge in [-0.1, -0.05) is 32.1 Å². The number of fused-ring (bicyclic) bond motifs is 1. The minimum Gasteiger partial charge on any atom is -0.481 e. The summed E-state index contributed by atoms with van der Waals surface area (Å²) in [5, 5.41) is 16.3. The summed E-state index contributed by atoms with van der Waals surface area (Å²) in [7, 11) is 0. The topological polar surface area (TPSA) is 95.5 Å². The van der Waals surface area contributed by atoms with Crippen LogP contribution in [0.1, 0.15) is 85.0 Å². The zero-order chi connectivity index (χ0) is 20.4. The van der Waals surface area contributed by atoms with Crippen molar-refractivity contribution in [3.8, 4) is 0 Å². The predicted octanol–water partition coefficient (Wildman–Crippen LogP) is 4.13. The van der Waals surface area contributed by atoms with Crippen molar-refractivity contribution in [1.82, 2.24) is 5.32 Å². The molecule has 0 aliphatic heterocycles. The molecule has 7 heteroatoms. The fourth-order valence-electron chi connectivity index (χ4n) is 5.18. The fraction of sp³-hybridized carbons (Fsp3) is 0.682. The number of hydrogen-bond donors (Lipinski definition) is 3. The van der Waals surface area contributed by atoms with Crippen molar-refractivity contribution in [3.63, 3.8) is 0 Å². The first kappa shape index (κ1) is 20.4. The molecule has 0 unspecified atom stereocenters. The molecular formula is C22H30N2O4S. The molecule has 0 radical (unpaired) electrons. The van der Waals surface area contributed by atoms with E-state index in [1.54, 1.807) is 0 Å². The third-order valence-corrected chi connectivity index (χ3v) is 7.95. The Bertz CT molecular complexity index is 797. The summed E-state index contributed by atoms with van der Waals surface area (Å²) in [6, 6.07) is 0.214. The van der Waals surface area contributed by atoms with Gasteiger partial charge in [0.1, 0.15) is 5.00 Å². The van der Waals surface area contributed by atoms with E-state index in [0.29, 0.717) is 23.4 Å². The Morgan fingerprint density at radius 2 is 1.55 bits per heavy atom. The number of aryl methyl sites for hydroxylation is 1. The predicted molar refractivity (Wildman–Crippen MR) is 112 cm³/mol. The van der Waals surface area contributed by atoms with Gasteiger partial charge in [0.05, 0.1) is 17.4 Å². The van der Waals surface area contributed by atoms with Crippen LogP contribution in [-0.2, 0) is 22.4 Å². The first-order valence-electron chi connectivity index (χ1n) is 11.0. The zero-order valence-electron chi connectivity index (χ0n) is 16.8. The first-order valence-corrected chi connectivity index (χ1v) is 11.9. The lowest BCUT2D eigenvalue weighted by molar-refractivity contribution is -0.147. The summed E-state index contributed by atoms with van der Waals surface area (Å²) in [4.78, 5) is 38.9. The number of hydrogen-bond acceptors (Lipinski definition) is 4. The van der Waals surface area contributed by atoms with Crippen LogP contribution < -0.4 is 10.6 Å². The van der Waals surface area contributed by atoms with Crippen LogP contribution in [0.5, 0.6) is 0 Å². The number of thiophene rings is 1. The molecule has 2 fully saturated rings. The highest BCUT2D eigenvalue weighted by atomic mass is 32.1. The largest absolute Gasteiger partial charge is 0.481 e. The normalized spacial score (nSPS) is 24.7. The number of nitrogens with one attached hydrogen (secondary N) is 2. The maximum Gasteiger partial charge on any atom is 0.307 e. The van der Waals surface area contributed by atoms with Gasteiger partial charge in [-0.15, -0.1) is 11.3 Å². The lowest BCUT2D eigenvalue weighted by Gasteiger charge is -2.27. The minimum atomic E-state index is -0.895. The number of rotatable bonds is 5. The lowest BCUT2D eigenvalue weighted by Crippen LogP contribution is -2.38. The van der Waals surface area contributed by atoms with Crippen molar-refractivity contribution >= 4 is 34.1 Å². The molecule has 4 rings (SSSR count). The van der Waals surface area contributed by atoms with E-state index in [0.717, 1.165) is 63.4 Å². The average Bonchev–Trinajstić information content (AvgIpc) is 3.29. The Morgan fingerprint density at radius 1 is 0.862 bits per heavy atom. The Hall–Kier alpha value is -1.89. The Kier molecular flexibility index (Phi) is 6.23. The molecule has 2 atom stereocenters. The smallest absolute Gasteiger partial charge is 0.307 e. The van der Waals surface area contributed by atoms with Gasteiger partial charge in [-0.05, 0) is 50.5 Å². The van der Waals surface area contributed by atoms with Crippen LogP contribution in [0.4, 0.5) is 5.00 Å². The highest BCUT2D eigenvalue weighted by Gasteiger charge is 2.37. The molecule has 0 bridgehead atoms. The van der Waals surface area contributed by atoms with Gasteiger partial charge >= 0.3 is 5.97 Å². The van der Waals surface area contributed by atoms with Gasteiger partial charge < -0.3 is 15.7 Å². The third-order valence-electron chi connectivity index (χ3n) is 6.75. The quantitative estimate of drug-likeness (QED) is 0.670. The van der Waals surface area contributed by atoms with Gasteiger partial charge in [0.15, 0.2) is 0 Å². The summed E-state index contributed by atoms with van der Waals surface area (Å²) < 4.78 is 0. The molecule has 29 heavy (non-hydrogen) atoms.